The number of benzene rings is 2. The minimum atomic E-state index is -0.357. The third-order valence-electron chi connectivity index (χ3n) is 2.24. The highest BCUT2D eigenvalue weighted by atomic mass is 16.5. The first-order chi connectivity index (χ1) is 7.83. The number of hydrogen-bond donors (Lipinski definition) is 0. The van der Waals surface area contributed by atoms with Gasteiger partial charge in [0, 0.05) is 1.37 Å². The topological polar surface area (TPSA) is 26.3 Å². The van der Waals surface area contributed by atoms with Crippen LogP contribution in [0, 0.1) is 0 Å². The van der Waals surface area contributed by atoms with Gasteiger partial charge in [0.2, 0.25) is 0 Å². The maximum atomic E-state index is 11.7. The molecule has 0 saturated carbocycles. The number of carbonyl (C=O) groups is 1. The van der Waals surface area contributed by atoms with E-state index in [1.54, 1.807) is 6.07 Å². The van der Waals surface area contributed by atoms with E-state index in [1.807, 2.05) is 36.4 Å². The molecule has 0 amide bonds. The lowest BCUT2D eigenvalue weighted by molar-refractivity contribution is 0.0528. The Balaban J connectivity index is 2.40. The van der Waals surface area contributed by atoms with Gasteiger partial charge in [0.05, 0.1) is 12.2 Å². The maximum absolute atomic E-state index is 11.7. The zero-order valence-electron chi connectivity index (χ0n) is 9.27. The van der Waals surface area contributed by atoms with Crippen molar-refractivity contribution in [2.75, 3.05) is 6.61 Å². The lowest BCUT2D eigenvalue weighted by atomic mass is 10.1. The van der Waals surface area contributed by atoms with Gasteiger partial charge in [-0.25, -0.2) is 4.79 Å². The fraction of sp³-hybridized carbons (Fsp3) is 0.154. The molecule has 0 N–H and O–H groups in total. The van der Waals surface area contributed by atoms with Crippen LogP contribution in [0.2, 0.25) is 0 Å². The molecule has 0 saturated heterocycles. The third-order valence-corrected chi connectivity index (χ3v) is 2.24. The lowest BCUT2D eigenvalue weighted by Crippen LogP contribution is -2.04. The first-order valence-electron chi connectivity index (χ1n) is 5.48. The van der Waals surface area contributed by atoms with Crippen LogP contribution in [0.15, 0.2) is 42.5 Å². The van der Waals surface area contributed by atoms with Crippen molar-refractivity contribution in [3.63, 3.8) is 0 Å². The zero-order valence-corrected chi connectivity index (χ0v) is 8.27. The average Bonchev–Trinajstić information content (AvgIpc) is 2.35. The Morgan fingerprint density at radius 2 is 2.07 bits per heavy atom. The lowest BCUT2D eigenvalue weighted by Gasteiger charge is -2.05. The highest BCUT2D eigenvalue weighted by molar-refractivity contribution is 6.04. The van der Waals surface area contributed by atoms with Crippen molar-refractivity contribution < 1.29 is 10.9 Å². The molecule has 0 bridgehead atoms. The minimum absolute atomic E-state index is 0.0938. The Labute approximate surface area is 89.9 Å². The molecular weight excluding hydrogens is 188 g/mol. The molecule has 0 radical (unpaired) electrons. The number of fused-ring (bicyclic) bond motifs is 1. The monoisotopic (exact) mass is 201 g/mol. The van der Waals surface area contributed by atoms with Crippen molar-refractivity contribution >= 4 is 16.7 Å². The van der Waals surface area contributed by atoms with Gasteiger partial charge in [-0.2, -0.15) is 0 Å². The fourth-order valence-electron chi connectivity index (χ4n) is 1.57. The molecule has 0 aliphatic carbocycles. The van der Waals surface area contributed by atoms with E-state index in [1.165, 1.54) is 0 Å². The van der Waals surface area contributed by atoms with Gasteiger partial charge in [-0.3, -0.25) is 0 Å². The molecule has 0 aliphatic rings. The predicted molar refractivity (Wildman–Crippen MR) is 59.9 cm³/mol. The summed E-state index contributed by atoms with van der Waals surface area (Å²) in [5.74, 6) is -0.357. The molecule has 0 heterocycles. The molecule has 2 aromatic carbocycles. The average molecular weight is 201 g/mol. The van der Waals surface area contributed by atoms with Crippen LogP contribution in [0.4, 0.5) is 0 Å². The normalized spacial score (nSPS) is 11.1. The van der Waals surface area contributed by atoms with E-state index in [0.29, 0.717) is 5.56 Å². The molecule has 2 nitrogen and oxygen atoms in total. The highest BCUT2D eigenvalue weighted by Gasteiger charge is 2.09. The Morgan fingerprint density at radius 1 is 1.27 bits per heavy atom. The quantitative estimate of drug-likeness (QED) is 0.698. The molecular formula is C13H12O2. The first-order valence-corrected chi connectivity index (χ1v) is 4.77. The third kappa shape index (κ3) is 1.84. The second-order valence-electron chi connectivity index (χ2n) is 3.16. The van der Waals surface area contributed by atoms with Crippen LogP contribution >= 0.6 is 0 Å². The summed E-state index contributed by atoms with van der Waals surface area (Å²) in [5, 5.41) is 1.91. The molecule has 0 fully saturated rings. The zero-order chi connectivity index (χ0) is 11.4. The van der Waals surface area contributed by atoms with Crippen molar-refractivity contribution in [3.8, 4) is 0 Å². The van der Waals surface area contributed by atoms with Crippen molar-refractivity contribution in [1.29, 1.82) is 0 Å². The Hall–Kier alpha value is -1.83. The molecule has 0 spiro atoms. The summed E-state index contributed by atoms with van der Waals surface area (Å²) in [7, 11) is 0. The van der Waals surface area contributed by atoms with E-state index >= 15 is 0 Å². The fourth-order valence-corrected chi connectivity index (χ4v) is 1.57. The SMILES string of the molecule is [2H]CCOC(=O)c1cccc2ccccc12. The molecule has 2 rings (SSSR count). The van der Waals surface area contributed by atoms with Gasteiger partial charge in [0.15, 0.2) is 0 Å². The van der Waals surface area contributed by atoms with Gasteiger partial charge in [-0.15, -0.1) is 0 Å². The second-order valence-corrected chi connectivity index (χ2v) is 3.16. The van der Waals surface area contributed by atoms with Crippen LogP contribution in [0.25, 0.3) is 10.8 Å². The van der Waals surface area contributed by atoms with Crippen molar-refractivity contribution in [2.45, 2.75) is 6.90 Å². The Bertz CT molecular complexity index is 503. The van der Waals surface area contributed by atoms with Gasteiger partial charge >= 0.3 is 5.97 Å². The van der Waals surface area contributed by atoms with Gasteiger partial charge in [0.25, 0.3) is 0 Å². The summed E-state index contributed by atoms with van der Waals surface area (Å²) in [4.78, 5) is 11.7. The maximum Gasteiger partial charge on any atom is 0.338 e. The molecule has 15 heavy (non-hydrogen) atoms. The van der Waals surface area contributed by atoms with Crippen LogP contribution in [-0.2, 0) is 4.74 Å². The number of carbonyl (C=O) groups excluding carboxylic acids is 1. The van der Waals surface area contributed by atoms with Gasteiger partial charge in [-0.1, -0.05) is 36.4 Å². The summed E-state index contributed by atoms with van der Waals surface area (Å²) >= 11 is 0. The Kier molecular flexibility index (Phi) is 2.33. The second kappa shape index (κ2) is 4.13. The van der Waals surface area contributed by atoms with Crippen LogP contribution in [0.3, 0.4) is 0 Å². The highest BCUT2D eigenvalue weighted by Crippen LogP contribution is 2.18. The summed E-state index contributed by atoms with van der Waals surface area (Å²) < 4.78 is 11.9. The predicted octanol–water partition coefficient (Wildman–Crippen LogP) is 3.02. The van der Waals surface area contributed by atoms with Gasteiger partial charge < -0.3 is 4.74 Å². The van der Waals surface area contributed by atoms with Crippen molar-refractivity contribution in [3.05, 3.63) is 48.0 Å². The van der Waals surface area contributed by atoms with E-state index < -0.39 is 0 Å². The van der Waals surface area contributed by atoms with Crippen molar-refractivity contribution in [1.82, 2.24) is 0 Å². The summed E-state index contributed by atoms with van der Waals surface area (Å²) in [6.07, 6.45) is 0. The molecule has 0 aromatic heterocycles. The van der Waals surface area contributed by atoms with E-state index in [0.717, 1.165) is 10.8 Å². The standard InChI is InChI=1S/C13H12O2/c1-2-15-13(14)12-9-5-7-10-6-3-4-8-11(10)12/h3-9H,2H2,1H3/i1D. The van der Waals surface area contributed by atoms with Crippen molar-refractivity contribution in [2.24, 2.45) is 0 Å². The number of esters is 1. The number of hydrogen-bond acceptors (Lipinski definition) is 2. The van der Waals surface area contributed by atoms with Crippen LogP contribution in [-0.4, -0.2) is 12.6 Å². The van der Waals surface area contributed by atoms with E-state index in [-0.39, 0.29) is 19.5 Å². The van der Waals surface area contributed by atoms with Gasteiger partial charge in [0.1, 0.15) is 0 Å². The molecule has 0 atom stereocenters. The summed E-state index contributed by atoms with van der Waals surface area (Å²) in [6, 6.07) is 13.2. The minimum Gasteiger partial charge on any atom is -0.462 e. The smallest absolute Gasteiger partial charge is 0.338 e. The molecule has 2 aromatic rings. The van der Waals surface area contributed by atoms with Crippen LogP contribution < -0.4 is 0 Å². The van der Waals surface area contributed by atoms with E-state index in [2.05, 4.69) is 0 Å². The Morgan fingerprint density at radius 3 is 2.93 bits per heavy atom. The molecule has 76 valence electrons. The molecule has 2 heteroatoms. The first kappa shape index (κ1) is 8.48. The van der Waals surface area contributed by atoms with E-state index in [4.69, 9.17) is 6.11 Å². The summed E-state index contributed by atoms with van der Waals surface area (Å²) in [5.41, 5.74) is 0.562. The number of ether oxygens (including phenoxy) is 1. The van der Waals surface area contributed by atoms with Crippen LogP contribution in [0.1, 0.15) is 18.6 Å². The van der Waals surface area contributed by atoms with Crippen LogP contribution in [0.5, 0.6) is 0 Å². The van der Waals surface area contributed by atoms with E-state index in [9.17, 15) is 4.79 Å². The van der Waals surface area contributed by atoms with Gasteiger partial charge in [-0.05, 0) is 23.7 Å². The number of rotatable bonds is 2. The summed E-state index contributed by atoms with van der Waals surface area (Å²) in [6.45, 7) is 0.235. The molecule has 0 unspecified atom stereocenters. The largest absolute Gasteiger partial charge is 0.462 e. The molecule has 0 aliphatic heterocycles.